The second-order valence-electron chi connectivity index (χ2n) is 4.77. The molecule has 2 rings (SSSR count). The van der Waals surface area contributed by atoms with Gasteiger partial charge in [-0.15, -0.1) is 0 Å². The lowest BCUT2D eigenvalue weighted by molar-refractivity contribution is 0.644. The highest BCUT2D eigenvalue weighted by atomic mass is 14.4. The largest absolute Gasteiger partial charge is 0.0991 e. The molecule has 1 aromatic rings. The summed E-state index contributed by atoms with van der Waals surface area (Å²) in [5.41, 5.74) is 4.58. The van der Waals surface area contributed by atoms with Gasteiger partial charge < -0.3 is 0 Å². The van der Waals surface area contributed by atoms with Crippen molar-refractivity contribution < 1.29 is 0 Å². The monoisotopic (exact) mass is 210 g/mol. The summed E-state index contributed by atoms with van der Waals surface area (Å²) in [6.45, 7) is 8.28. The number of benzene rings is 1. The van der Waals surface area contributed by atoms with Crippen LogP contribution in [0, 0.1) is 0 Å². The van der Waals surface area contributed by atoms with Crippen LogP contribution in [0.4, 0.5) is 0 Å². The number of allylic oxidation sites excluding steroid dienone is 5. The molecular weight excluding hydrogens is 192 g/mol. The van der Waals surface area contributed by atoms with Crippen LogP contribution in [0.2, 0.25) is 0 Å². The van der Waals surface area contributed by atoms with E-state index >= 15 is 0 Å². The average Bonchev–Trinajstić information content (AvgIpc) is 2.52. The first-order valence-electron chi connectivity index (χ1n) is 5.73. The minimum Gasteiger partial charge on any atom is -0.0991 e. The van der Waals surface area contributed by atoms with Crippen LogP contribution >= 0.6 is 0 Å². The van der Waals surface area contributed by atoms with Gasteiger partial charge in [0.15, 0.2) is 0 Å². The molecule has 1 aliphatic rings. The Morgan fingerprint density at radius 2 is 1.94 bits per heavy atom. The highest BCUT2D eigenvalue weighted by molar-refractivity contribution is 5.50. The maximum Gasteiger partial charge on any atom is 0.0114 e. The van der Waals surface area contributed by atoms with Gasteiger partial charge in [0.05, 0.1) is 0 Å². The molecule has 82 valence electrons. The minimum atomic E-state index is 0.169. The molecule has 0 nitrogen and oxygen atoms in total. The van der Waals surface area contributed by atoms with Crippen molar-refractivity contribution in [3.05, 3.63) is 71.8 Å². The fourth-order valence-electron chi connectivity index (χ4n) is 2.40. The van der Waals surface area contributed by atoms with Crippen molar-refractivity contribution in [3.63, 3.8) is 0 Å². The van der Waals surface area contributed by atoms with E-state index in [1.807, 2.05) is 12.2 Å². The molecule has 0 aliphatic heterocycles. The third-order valence-corrected chi connectivity index (χ3v) is 3.42. The first-order valence-corrected chi connectivity index (χ1v) is 5.73. The summed E-state index contributed by atoms with van der Waals surface area (Å²) >= 11 is 0. The first-order chi connectivity index (χ1) is 7.66. The van der Waals surface area contributed by atoms with Crippen molar-refractivity contribution in [1.82, 2.24) is 0 Å². The molecule has 0 amide bonds. The quantitative estimate of drug-likeness (QED) is 0.642. The summed E-state index contributed by atoms with van der Waals surface area (Å²) in [5, 5.41) is 0. The molecule has 1 aromatic carbocycles. The van der Waals surface area contributed by atoms with Crippen molar-refractivity contribution in [2.45, 2.75) is 25.7 Å². The second kappa shape index (κ2) is 4.13. The molecule has 1 aliphatic carbocycles. The van der Waals surface area contributed by atoms with E-state index in [9.17, 15) is 0 Å². The van der Waals surface area contributed by atoms with E-state index in [2.05, 4.69) is 56.8 Å². The smallest absolute Gasteiger partial charge is 0.0114 e. The zero-order valence-electron chi connectivity index (χ0n) is 10.0. The number of hydrogen-bond donors (Lipinski definition) is 0. The summed E-state index contributed by atoms with van der Waals surface area (Å²) in [6, 6.07) is 8.73. The molecule has 0 radical (unpaired) electrons. The Morgan fingerprint density at radius 3 is 2.62 bits per heavy atom. The third kappa shape index (κ3) is 1.76. The molecule has 0 bridgehead atoms. The molecular formula is C16H18. The van der Waals surface area contributed by atoms with Gasteiger partial charge in [-0.3, -0.25) is 0 Å². The van der Waals surface area contributed by atoms with Crippen LogP contribution in [-0.2, 0) is 11.8 Å². The van der Waals surface area contributed by atoms with E-state index in [4.69, 9.17) is 0 Å². The fraction of sp³-hybridized carbons (Fsp3) is 0.250. The SMILES string of the molecule is C=C/C=C\C=C1/Cc2ccccc2C1(C)C. The highest BCUT2D eigenvalue weighted by Crippen LogP contribution is 2.42. The van der Waals surface area contributed by atoms with Gasteiger partial charge >= 0.3 is 0 Å². The lowest BCUT2D eigenvalue weighted by atomic mass is 9.82. The van der Waals surface area contributed by atoms with E-state index in [-0.39, 0.29) is 5.41 Å². The predicted octanol–water partition coefficient (Wildman–Crippen LogP) is 4.19. The zero-order chi connectivity index (χ0) is 11.6. The lowest BCUT2D eigenvalue weighted by Crippen LogP contribution is -2.14. The predicted molar refractivity (Wildman–Crippen MR) is 70.6 cm³/mol. The maximum absolute atomic E-state index is 3.68. The summed E-state index contributed by atoms with van der Waals surface area (Å²) in [5.74, 6) is 0. The van der Waals surface area contributed by atoms with Crippen molar-refractivity contribution in [2.24, 2.45) is 0 Å². The Hall–Kier alpha value is -1.56. The molecule has 0 saturated carbocycles. The van der Waals surface area contributed by atoms with Gasteiger partial charge in [0.1, 0.15) is 0 Å². The summed E-state index contributed by atoms with van der Waals surface area (Å²) < 4.78 is 0. The Bertz CT molecular complexity index is 459. The van der Waals surface area contributed by atoms with Crippen LogP contribution in [0.3, 0.4) is 0 Å². The molecule has 0 atom stereocenters. The Morgan fingerprint density at radius 1 is 1.19 bits per heavy atom. The normalized spacial score (nSPS) is 20.2. The van der Waals surface area contributed by atoms with Gasteiger partial charge in [-0.1, -0.05) is 74.6 Å². The topological polar surface area (TPSA) is 0 Å². The van der Waals surface area contributed by atoms with E-state index in [1.165, 1.54) is 16.7 Å². The van der Waals surface area contributed by atoms with Gasteiger partial charge in [-0.25, -0.2) is 0 Å². The van der Waals surface area contributed by atoms with Crippen LogP contribution in [0.1, 0.15) is 25.0 Å². The first kappa shape index (κ1) is 10.9. The molecule has 0 heteroatoms. The molecule has 0 heterocycles. The minimum absolute atomic E-state index is 0.169. The van der Waals surface area contributed by atoms with Gasteiger partial charge in [0.25, 0.3) is 0 Å². The molecule has 0 N–H and O–H groups in total. The number of fused-ring (bicyclic) bond motifs is 1. The Kier molecular flexibility index (Phi) is 2.82. The van der Waals surface area contributed by atoms with Gasteiger partial charge in [-0.2, -0.15) is 0 Å². The van der Waals surface area contributed by atoms with Crippen molar-refractivity contribution in [1.29, 1.82) is 0 Å². The molecule has 0 spiro atoms. The third-order valence-electron chi connectivity index (χ3n) is 3.42. The molecule has 0 aromatic heterocycles. The molecule has 0 unspecified atom stereocenters. The van der Waals surface area contributed by atoms with Gasteiger partial charge in [0.2, 0.25) is 0 Å². The summed E-state index contributed by atoms with van der Waals surface area (Å²) in [6.07, 6.45) is 9.17. The number of rotatable bonds is 2. The highest BCUT2D eigenvalue weighted by Gasteiger charge is 2.33. The molecule has 0 saturated heterocycles. The average molecular weight is 210 g/mol. The number of hydrogen-bond acceptors (Lipinski definition) is 0. The van der Waals surface area contributed by atoms with Crippen molar-refractivity contribution in [3.8, 4) is 0 Å². The van der Waals surface area contributed by atoms with Crippen LogP contribution in [0.15, 0.2) is 60.7 Å². The van der Waals surface area contributed by atoms with Crippen LogP contribution < -0.4 is 0 Å². The van der Waals surface area contributed by atoms with E-state index < -0.39 is 0 Å². The van der Waals surface area contributed by atoms with Crippen LogP contribution in [-0.4, -0.2) is 0 Å². The summed E-state index contributed by atoms with van der Waals surface area (Å²) in [7, 11) is 0. The van der Waals surface area contributed by atoms with Crippen LogP contribution in [0.25, 0.3) is 0 Å². The Labute approximate surface area is 98.0 Å². The standard InChI is InChI=1S/C16H18/c1-4-5-6-10-14-12-13-9-7-8-11-15(13)16(14,2)3/h4-11H,1,12H2,2-3H3/b6-5-,14-10+. The van der Waals surface area contributed by atoms with Gasteiger partial charge in [-0.05, 0) is 17.5 Å². The van der Waals surface area contributed by atoms with E-state index in [0.717, 1.165) is 6.42 Å². The second-order valence-corrected chi connectivity index (χ2v) is 4.77. The Balaban J connectivity index is 2.39. The van der Waals surface area contributed by atoms with Crippen LogP contribution in [0.5, 0.6) is 0 Å². The molecule has 16 heavy (non-hydrogen) atoms. The molecule has 0 fully saturated rings. The lowest BCUT2D eigenvalue weighted by Gasteiger charge is -2.21. The summed E-state index contributed by atoms with van der Waals surface area (Å²) in [4.78, 5) is 0. The van der Waals surface area contributed by atoms with E-state index in [1.54, 1.807) is 0 Å². The van der Waals surface area contributed by atoms with E-state index in [0.29, 0.717) is 0 Å². The van der Waals surface area contributed by atoms with Crippen molar-refractivity contribution >= 4 is 0 Å². The van der Waals surface area contributed by atoms with Gasteiger partial charge in [0, 0.05) is 5.41 Å². The van der Waals surface area contributed by atoms with Crippen molar-refractivity contribution in [2.75, 3.05) is 0 Å². The fourth-order valence-corrected chi connectivity index (χ4v) is 2.40. The maximum atomic E-state index is 3.68. The zero-order valence-corrected chi connectivity index (χ0v) is 10.0.